The zero-order valence-corrected chi connectivity index (χ0v) is 17.1. The molecule has 1 fully saturated rings. The number of nitrogens with zero attached hydrogens (tertiary/aromatic N) is 3. The molecule has 1 N–H and O–H groups in total. The van der Waals surface area contributed by atoms with Gasteiger partial charge in [-0.2, -0.15) is 0 Å². The Hall–Kier alpha value is -1.67. The molecule has 1 aromatic carbocycles. The average molecular weight is 409 g/mol. The maximum atomic E-state index is 13.2. The SMILES string of the molecule is CCNc1nnc(SCC(=O)N(Cc2ccc(F)cc2)C2CCCCC2)s1. The summed E-state index contributed by atoms with van der Waals surface area (Å²) in [5, 5.41) is 12.1. The number of rotatable bonds is 8. The molecule has 1 amide bonds. The van der Waals surface area contributed by atoms with Crippen molar-refractivity contribution < 1.29 is 9.18 Å². The molecule has 1 saturated carbocycles. The summed E-state index contributed by atoms with van der Waals surface area (Å²) in [7, 11) is 0. The standard InChI is InChI=1S/C19H25FN4OS2/c1-2-21-18-22-23-19(27-18)26-13-17(25)24(16-6-4-3-5-7-16)12-14-8-10-15(20)11-9-14/h8-11,16H,2-7,12-13H2,1H3,(H,21,22). The molecule has 0 saturated heterocycles. The van der Waals surface area contributed by atoms with E-state index in [4.69, 9.17) is 0 Å². The van der Waals surface area contributed by atoms with E-state index in [0.29, 0.717) is 12.3 Å². The van der Waals surface area contributed by atoms with Gasteiger partial charge in [-0.05, 0) is 37.5 Å². The lowest BCUT2D eigenvalue weighted by atomic mass is 9.94. The van der Waals surface area contributed by atoms with Crippen molar-refractivity contribution in [3.63, 3.8) is 0 Å². The number of hydrogen-bond donors (Lipinski definition) is 1. The number of amides is 1. The van der Waals surface area contributed by atoms with Crippen LogP contribution in [0.3, 0.4) is 0 Å². The predicted molar refractivity (Wildman–Crippen MR) is 109 cm³/mol. The molecule has 146 valence electrons. The second kappa shape index (κ2) is 10.0. The summed E-state index contributed by atoms with van der Waals surface area (Å²) in [6.07, 6.45) is 5.64. The second-order valence-corrected chi connectivity index (χ2v) is 8.83. The molecule has 1 aliphatic rings. The number of thioether (sulfide) groups is 1. The topological polar surface area (TPSA) is 58.1 Å². The van der Waals surface area contributed by atoms with Crippen molar-refractivity contribution in [1.82, 2.24) is 15.1 Å². The maximum Gasteiger partial charge on any atom is 0.233 e. The van der Waals surface area contributed by atoms with Gasteiger partial charge in [-0.25, -0.2) is 4.39 Å². The van der Waals surface area contributed by atoms with E-state index in [-0.39, 0.29) is 17.8 Å². The van der Waals surface area contributed by atoms with Gasteiger partial charge < -0.3 is 10.2 Å². The Bertz CT molecular complexity index is 732. The minimum Gasteiger partial charge on any atom is -0.360 e. The van der Waals surface area contributed by atoms with E-state index in [0.717, 1.165) is 47.3 Å². The van der Waals surface area contributed by atoms with Crippen LogP contribution in [0.15, 0.2) is 28.6 Å². The van der Waals surface area contributed by atoms with Crippen molar-refractivity contribution in [2.45, 2.75) is 56.0 Å². The average Bonchev–Trinajstić information content (AvgIpc) is 3.14. The number of halogens is 1. The van der Waals surface area contributed by atoms with Crippen LogP contribution >= 0.6 is 23.1 Å². The van der Waals surface area contributed by atoms with Crippen LogP contribution in [-0.4, -0.2) is 39.3 Å². The Labute approximate surface area is 167 Å². The summed E-state index contributed by atoms with van der Waals surface area (Å²) in [4.78, 5) is 15.0. The van der Waals surface area contributed by atoms with Crippen LogP contribution in [0.1, 0.15) is 44.6 Å². The van der Waals surface area contributed by atoms with E-state index in [1.54, 1.807) is 12.1 Å². The molecule has 1 aliphatic carbocycles. The first kappa shape index (κ1) is 20.1. The summed E-state index contributed by atoms with van der Waals surface area (Å²) < 4.78 is 14.0. The number of carbonyl (C=O) groups excluding carboxylic acids is 1. The van der Waals surface area contributed by atoms with Gasteiger partial charge in [-0.1, -0.05) is 54.5 Å². The summed E-state index contributed by atoms with van der Waals surface area (Å²) in [6.45, 7) is 3.34. The van der Waals surface area contributed by atoms with E-state index in [2.05, 4.69) is 15.5 Å². The van der Waals surface area contributed by atoms with Crippen molar-refractivity contribution >= 4 is 34.1 Å². The minimum atomic E-state index is -0.252. The first-order valence-electron chi connectivity index (χ1n) is 9.40. The number of benzene rings is 1. The Morgan fingerprint density at radius 1 is 1.26 bits per heavy atom. The van der Waals surface area contributed by atoms with Gasteiger partial charge in [0.05, 0.1) is 5.75 Å². The fraction of sp³-hybridized carbons (Fsp3) is 0.526. The van der Waals surface area contributed by atoms with Crippen molar-refractivity contribution in [1.29, 1.82) is 0 Å². The van der Waals surface area contributed by atoms with Crippen LogP contribution < -0.4 is 5.32 Å². The summed E-state index contributed by atoms with van der Waals surface area (Å²) in [5.74, 6) is 0.201. The van der Waals surface area contributed by atoms with Crippen molar-refractivity contribution in [3.8, 4) is 0 Å². The molecule has 0 radical (unpaired) electrons. The summed E-state index contributed by atoms with van der Waals surface area (Å²) in [5.41, 5.74) is 0.964. The number of aromatic nitrogens is 2. The second-order valence-electron chi connectivity index (χ2n) is 6.63. The third kappa shape index (κ3) is 5.90. The largest absolute Gasteiger partial charge is 0.360 e. The van der Waals surface area contributed by atoms with Crippen molar-refractivity contribution in [2.24, 2.45) is 0 Å². The quantitative estimate of drug-likeness (QED) is 0.649. The summed E-state index contributed by atoms with van der Waals surface area (Å²) in [6, 6.07) is 6.70. The Kier molecular flexibility index (Phi) is 7.46. The van der Waals surface area contributed by atoms with Crippen LogP contribution in [-0.2, 0) is 11.3 Å². The maximum absolute atomic E-state index is 13.2. The van der Waals surface area contributed by atoms with Crippen LogP contribution in [0.2, 0.25) is 0 Å². The molecule has 0 aliphatic heterocycles. The highest BCUT2D eigenvalue weighted by Gasteiger charge is 2.26. The minimum absolute atomic E-state index is 0.108. The molecule has 0 atom stereocenters. The van der Waals surface area contributed by atoms with Crippen LogP contribution in [0, 0.1) is 5.82 Å². The van der Waals surface area contributed by atoms with Gasteiger partial charge in [0.25, 0.3) is 0 Å². The van der Waals surface area contributed by atoms with E-state index < -0.39 is 0 Å². The van der Waals surface area contributed by atoms with Gasteiger partial charge in [-0.3, -0.25) is 4.79 Å². The zero-order chi connectivity index (χ0) is 19.1. The molecule has 2 aromatic rings. The van der Waals surface area contributed by atoms with Crippen LogP contribution in [0.25, 0.3) is 0 Å². The lowest BCUT2D eigenvalue weighted by Gasteiger charge is -2.34. The number of hydrogen-bond acceptors (Lipinski definition) is 6. The monoisotopic (exact) mass is 408 g/mol. The molecular formula is C19H25FN4OS2. The highest BCUT2D eigenvalue weighted by atomic mass is 32.2. The van der Waals surface area contributed by atoms with E-state index in [1.807, 2.05) is 11.8 Å². The molecule has 3 rings (SSSR count). The molecule has 5 nitrogen and oxygen atoms in total. The van der Waals surface area contributed by atoms with E-state index in [1.165, 1.54) is 41.7 Å². The van der Waals surface area contributed by atoms with Gasteiger partial charge in [0.2, 0.25) is 11.0 Å². The van der Waals surface area contributed by atoms with E-state index >= 15 is 0 Å². The Morgan fingerprint density at radius 3 is 2.70 bits per heavy atom. The Balaban J connectivity index is 1.64. The lowest BCUT2D eigenvalue weighted by Crippen LogP contribution is -2.41. The van der Waals surface area contributed by atoms with Gasteiger partial charge in [0.1, 0.15) is 5.82 Å². The number of anilines is 1. The third-order valence-electron chi connectivity index (χ3n) is 4.66. The van der Waals surface area contributed by atoms with E-state index in [9.17, 15) is 9.18 Å². The first-order valence-corrected chi connectivity index (χ1v) is 11.2. The van der Waals surface area contributed by atoms with Gasteiger partial charge in [-0.15, -0.1) is 10.2 Å². The molecular weight excluding hydrogens is 383 g/mol. The molecule has 0 bridgehead atoms. The van der Waals surface area contributed by atoms with Crippen LogP contribution in [0.4, 0.5) is 9.52 Å². The smallest absolute Gasteiger partial charge is 0.233 e. The molecule has 0 unspecified atom stereocenters. The van der Waals surface area contributed by atoms with Crippen molar-refractivity contribution in [2.75, 3.05) is 17.6 Å². The van der Waals surface area contributed by atoms with Gasteiger partial charge in [0.15, 0.2) is 4.34 Å². The first-order chi connectivity index (χ1) is 13.2. The van der Waals surface area contributed by atoms with Gasteiger partial charge in [0, 0.05) is 19.1 Å². The molecule has 1 aromatic heterocycles. The lowest BCUT2D eigenvalue weighted by molar-refractivity contribution is -0.132. The number of nitrogens with one attached hydrogen (secondary N) is 1. The third-order valence-corrected chi connectivity index (χ3v) is 6.65. The van der Waals surface area contributed by atoms with Crippen LogP contribution in [0.5, 0.6) is 0 Å². The molecule has 8 heteroatoms. The highest BCUT2D eigenvalue weighted by molar-refractivity contribution is 8.01. The van der Waals surface area contributed by atoms with Gasteiger partial charge >= 0.3 is 0 Å². The molecule has 0 spiro atoms. The molecule has 1 heterocycles. The highest BCUT2D eigenvalue weighted by Crippen LogP contribution is 2.28. The van der Waals surface area contributed by atoms with Crippen molar-refractivity contribution in [3.05, 3.63) is 35.6 Å². The predicted octanol–water partition coefficient (Wildman–Crippen LogP) is 4.56. The molecule has 27 heavy (non-hydrogen) atoms. The Morgan fingerprint density at radius 2 is 2.00 bits per heavy atom. The fourth-order valence-corrected chi connectivity index (χ4v) is 5.00. The summed E-state index contributed by atoms with van der Waals surface area (Å²) >= 11 is 2.90. The normalized spacial score (nSPS) is 14.9. The number of carbonyl (C=O) groups is 1. The fourth-order valence-electron chi connectivity index (χ4n) is 3.30. The zero-order valence-electron chi connectivity index (χ0n) is 15.5.